The Morgan fingerprint density at radius 2 is 2.00 bits per heavy atom. The predicted molar refractivity (Wildman–Crippen MR) is 91.7 cm³/mol. The van der Waals surface area contributed by atoms with E-state index < -0.39 is 0 Å². The Hall–Kier alpha value is -2.14. The van der Waals surface area contributed by atoms with Gasteiger partial charge in [-0.3, -0.25) is 9.78 Å². The summed E-state index contributed by atoms with van der Waals surface area (Å²) in [7, 11) is 0. The molecule has 0 spiro atoms. The maximum Gasteiger partial charge on any atom is 0.287 e. The lowest BCUT2D eigenvalue weighted by molar-refractivity contribution is 0.0783. The van der Waals surface area contributed by atoms with E-state index in [0.717, 1.165) is 17.7 Å². The molecule has 0 unspecified atom stereocenters. The first-order chi connectivity index (χ1) is 11.8. The zero-order valence-corrected chi connectivity index (χ0v) is 13.9. The first-order valence-electron chi connectivity index (χ1n) is 8.68. The topological polar surface area (TPSA) is 64.4 Å². The highest BCUT2D eigenvalue weighted by molar-refractivity contribution is 5.92. The molecule has 5 heteroatoms. The van der Waals surface area contributed by atoms with Crippen molar-refractivity contribution in [3.8, 4) is 11.1 Å². The number of rotatable bonds is 7. The molecule has 1 amide bonds. The Morgan fingerprint density at radius 3 is 2.79 bits per heavy atom. The fourth-order valence-electron chi connectivity index (χ4n) is 3.08. The van der Waals surface area contributed by atoms with Gasteiger partial charge in [-0.05, 0) is 42.5 Å². The van der Waals surface area contributed by atoms with Gasteiger partial charge in [0, 0.05) is 31.1 Å². The van der Waals surface area contributed by atoms with Crippen molar-refractivity contribution < 1.29 is 13.9 Å². The Labute approximate surface area is 142 Å². The molecular formula is C19H24N2O3. The number of hydrogen-bond acceptors (Lipinski definition) is 4. The van der Waals surface area contributed by atoms with E-state index in [9.17, 15) is 4.79 Å². The van der Waals surface area contributed by atoms with Crippen LogP contribution < -0.4 is 5.32 Å². The quantitative estimate of drug-likeness (QED) is 0.788. The van der Waals surface area contributed by atoms with Gasteiger partial charge in [0.1, 0.15) is 0 Å². The third-order valence-corrected chi connectivity index (χ3v) is 4.45. The second-order valence-electron chi connectivity index (χ2n) is 6.27. The van der Waals surface area contributed by atoms with E-state index >= 15 is 0 Å². The van der Waals surface area contributed by atoms with Gasteiger partial charge in [-0.2, -0.15) is 0 Å². The molecule has 2 aromatic rings. The number of carbonyl (C=O) groups excluding carboxylic acids is 1. The second kappa shape index (κ2) is 8.64. The number of hydrogen-bond donors (Lipinski definition) is 1. The fourth-order valence-corrected chi connectivity index (χ4v) is 3.08. The van der Waals surface area contributed by atoms with Crippen molar-refractivity contribution in [1.29, 1.82) is 0 Å². The van der Waals surface area contributed by atoms with Crippen molar-refractivity contribution in [2.24, 2.45) is 5.92 Å². The lowest BCUT2D eigenvalue weighted by Gasteiger charge is -2.21. The Balaban J connectivity index is 1.38. The number of ether oxygens (including phenoxy) is 1. The summed E-state index contributed by atoms with van der Waals surface area (Å²) in [6, 6.07) is 5.50. The van der Waals surface area contributed by atoms with E-state index in [-0.39, 0.29) is 5.91 Å². The molecule has 1 aliphatic carbocycles. The van der Waals surface area contributed by atoms with Crippen molar-refractivity contribution in [2.75, 3.05) is 19.8 Å². The van der Waals surface area contributed by atoms with Crippen LogP contribution in [-0.4, -0.2) is 30.6 Å². The van der Waals surface area contributed by atoms with Crippen LogP contribution in [0.2, 0.25) is 0 Å². The SMILES string of the molecule is O=C(NCCOCC1CCCCC1)c1cc(-c2ccncc2)co1. The van der Waals surface area contributed by atoms with Gasteiger partial charge in [0.25, 0.3) is 5.91 Å². The molecule has 24 heavy (non-hydrogen) atoms. The van der Waals surface area contributed by atoms with Crippen LogP contribution in [0.15, 0.2) is 41.3 Å². The number of nitrogens with zero attached hydrogens (tertiary/aromatic N) is 1. The zero-order valence-electron chi connectivity index (χ0n) is 13.9. The molecule has 3 rings (SSSR count). The van der Waals surface area contributed by atoms with Gasteiger partial charge >= 0.3 is 0 Å². The highest BCUT2D eigenvalue weighted by Crippen LogP contribution is 2.23. The van der Waals surface area contributed by atoms with Gasteiger partial charge in [-0.15, -0.1) is 0 Å². The molecule has 1 saturated carbocycles. The summed E-state index contributed by atoms with van der Waals surface area (Å²) in [5.41, 5.74) is 1.85. The van der Waals surface area contributed by atoms with Crippen LogP contribution in [-0.2, 0) is 4.74 Å². The van der Waals surface area contributed by atoms with Crippen LogP contribution in [0, 0.1) is 5.92 Å². The fraction of sp³-hybridized carbons (Fsp3) is 0.474. The number of pyridine rings is 1. The summed E-state index contributed by atoms with van der Waals surface area (Å²) in [4.78, 5) is 16.1. The molecule has 1 aliphatic rings. The van der Waals surface area contributed by atoms with Gasteiger partial charge < -0.3 is 14.5 Å². The minimum absolute atomic E-state index is 0.212. The number of furan rings is 1. The lowest BCUT2D eigenvalue weighted by Crippen LogP contribution is -2.27. The highest BCUT2D eigenvalue weighted by Gasteiger charge is 2.14. The molecule has 0 aromatic carbocycles. The predicted octanol–water partition coefficient (Wildman–Crippen LogP) is 3.67. The smallest absolute Gasteiger partial charge is 0.287 e. The molecule has 5 nitrogen and oxygen atoms in total. The molecule has 0 radical (unpaired) electrons. The maximum absolute atomic E-state index is 12.1. The van der Waals surface area contributed by atoms with Crippen LogP contribution >= 0.6 is 0 Å². The largest absolute Gasteiger partial charge is 0.459 e. The van der Waals surface area contributed by atoms with Crippen LogP contribution in [0.1, 0.15) is 42.7 Å². The molecule has 1 fully saturated rings. The maximum atomic E-state index is 12.1. The molecule has 0 bridgehead atoms. The number of aromatic nitrogens is 1. The van der Waals surface area contributed by atoms with E-state index in [1.54, 1.807) is 24.7 Å². The van der Waals surface area contributed by atoms with Crippen molar-refractivity contribution >= 4 is 5.91 Å². The van der Waals surface area contributed by atoms with E-state index in [4.69, 9.17) is 9.15 Å². The van der Waals surface area contributed by atoms with E-state index in [1.165, 1.54) is 32.1 Å². The molecule has 128 valence electrons. The first-order valence-corrected chi connectivity index (χ1v) is 8.68. The van der Waals surface area contributed by atoms with Gasteiger partial charge in [-0.1, -0.05) is 19.3 Å². The van der Waals surface area contributed by atoms with Crippen LogP contribution in [0.3, 0.4) is 0 Å². The van der Waals surface area contributed by atoms with Gasteiger partial charge in [0.05, 0.1) is 12.9 Å². The van der Waals surface area contributed by atoms with Crippen molar-refractivity contribution in [3.05, 3.63) is 42.6 Å². The molecule has 2 heterocycles. The number of carbonyl (C=O) groups is 1. The normalized spacial score (nSPS) is 15.3. The summed E-state index contributed by atoms with van der Waals surface area (Å²) in [5.74, 6) is 0.799. The molecule has 1 N–H and O–H groups in total. The van der Waals surface area contributed by atoms with Gasteiger partial charge in [0.2, 0.25) is 0 Å². The molecule has 0 aliphatic heterocycles. The third-order valence-electron chi connectivity index (χ3n) is 4.45. The summed E-state index contributed by atoms with van der Waals surface area (Å²) in [6.45, 7) is 1.85. The minimum atomic E-state index is -0.212. The zero-order chi connectivity index (χ0) is 16.6. The van der Waals surface area contributed by atoms with Crippen LogP contribution in [0.4, 0.5) is 0 Å². The van der Waals surface area contributed by atoms with E-state index in [2.05, 4.69) is 10.3 Å². The average molecular weight is 328 g/mol. The molecule has 2 aromatic heterocycles. The summed E-state index contributed by atoms with van der Waals surface area (Å²) in [5, 5.41) is 2.83. The Bertz CT molecular complexity index is 633. The average Bonchev–Trinajstić information content (AvgIpc) is 3.13. The Kier molecular flexibility index (Phi) is 6.01. The molecular weight excluding hydrogens is 304 g/mol. The van der Waals surface area contributed by atoms with Gasteiger partial charge in [-0.25, -0.2) is 0 Å². The first kappa shape index (κ1) is 16.7. The minimum Gasteiger partial charge on any atom is -0.459 e. The lowest BCUT2D eigenvalue weighted by atomic mass is 9.90. The molecule has 0 atom stereocenters. The standard InChI is InChI=1S/C19H24N2O3/c22-19(21-10-11-23-13-15-4-2-1-3-5-15)18-12-17(14-24-18)16-6-8-20-9-7-16/h6-9,12,14-15H,1-5,10-11,13H2,(H,21,22). The number of nitrogens with one attached hydrogen (secondary N) is 1. The summed E-state index contributed by atoms with van der Waals surface area (Å²) < 4.78 is 11.0. The number of amides is 1. The second-order valence-corrected chi connectivity index (χ2v) is 6.27. The monoisotopic (exact) mass is 328 g/mol. The van der Waals surface area contributed by atoms with Crippen LogP contribution in [0.25, 0.3) is 11.1 Å². The van der Waals surface area contributed by atoms with Crippen molar-refractivity contribution in [3.63, 3.8) is 0 Å². The van der Waals surface area contributed by atoms with Gasteiger partial charge in [0.15, 0.2) is 5.76 Å². The Morgan fingerprint density at radius 1 is 1.21 bits per heavy atom. The van der Waals surface area contributed by atoms with Crippen LogP contribution in [0.5, 0.6) is 0 Å². The third kappa shape index (κ3) is 4.68. The summed E-state index contributed by atoms with van der Waals surface area (Å²) >= 11 is 0. The van der Waals surface area contributed by atoms with E-state index in [0.29, 0.717) is 24.8 Å². The summed E-state index contributed by atoms with van der Waals surface area (Å²) in [6.07, 6.45) is 11.6. The van der Waals surface area contributed by atoms with Crippen molar-refractivity contribution in [2.45, 2.75) is 32.1 Å². The van der Waals surface area contributed by atoms with E-state index in [1.807, 2.05) is 12.1 Å². The molecule has 0 saturated heterocycles. The van der Waals surface area contributed by atoms with Crippen molar-refractivity contribution in [1.82, 2.24) is 10.3 Å². The highest BCUT2D eigenvalue weighted by atomic mass is 16.5.